The van der Waals surface area contributed by atoms with E-state index < -0.39 is 34.7 Å². The van der Waals surface area contributed by atoms with Gasteiger partial charge in [-0.3, -0.25) is 4.79 Å². The molecule has 1 unspecified atom stereocenters. The fourth-order valence-electron chi connectivity index (χ4n) is 4.87. The number of carbonyl (C=O) groups excluding carboxylic acids is 2. The molecule has 8 nitrogen and oxygen atoms in total. The molecular formula is C26H33F2N3O5. The van der Waals surface area contributed by atoms with Crippen molar-refractivity contribution in [1.82, 2.24) is 9.88 Å². The van der Waals surface area contributed by atoms with E-state index in [0.29, 0.717) is 25.1 Å². The first-order chi connectivity index (χ1) is 17.0. The molecular weight excluding hydrogens is 472 g/mol. The predicted molar refractivity (Wildman–Crippen MR) is 132 cm³/mol. The van der Waals surface area contributed by atoms with E-state index in [1.807, 2.05) is 0 Å². The maximum atomic E-state index is 16.2. The van der Waals surface area contributed by atoms with Gasteiger partial charge in [-0.05, 0) is 59.4 Å². The number of hydrogen-bond donors (Lipinski definition) is 1. The number of pyridine rings is 1. The summed E-state index contributed by atoms with van der Waals surface area (Å²) in [5.74, 6) is -2.51. The zero-order valence-electron chi connectivity index (χ0n) is 21.4. The molecule has 2 heterocycles. The van der Waals surface area contributed by atoms with Crippen LogP contribution in [0.1, 0.15) is 76.0 Å². The molecule has 1 N–H and O–H groups in total. The molecule has 0 spiro atoms. The van der Waals surface area contributed by atoms with Crippen molar-refractivity contribution in [3.05, 3.63) is 39.2 Å². The number of amides is 1. The Morgan fingerprint density at radius 2 is 1.86 bits per heavy atom. The van der Waals surface area contributed by atoms with E-state index in [1.165, 1.54) is 0 Å². The molecule has 1 saturated heterocycles. The maximum absolute atomic E-state index is 16.2. The van der Waals surface area contributed by atoms with Crippen LogP contribution in [0.25, 0.3) is 10.9 Å². The first kappa shape index (κ1) is 25.9. The Hall–Kier alpha value is -3.17. The number of benzene rings is 1. The number of ether oxygens (including phenoxy) is 2. The van der Waals surface area contributed by atoms with Crippen LogP contribution in [0.5, 0.6) is 0 Å². The van der Waals surface area contributed by atoms with Gasteiger partial charge >= 0.3 is 12.1 Å². The first-order valence-corrected chi connectivity index (χ1v) is 12.5. The van der Waals surface area contributed by atoms with Gasteiger partial charge in [0.1, 0.15) is 22.7 Å². The number of fused-ring (bicyclic) bond motifs is 1. The number of nitrogens with one attached hydrogen (secondary N) is 1. The van der Waals surface area contributed by atoms with Crippen molar-refractivity contribution in [2.45, 2.75) is 78.0 Å². The average Bonchev–Trinajstić information content (AvgIpc) is 3.52. The highest BCUT2D eigenvalue weighted by molar-refractivity contribution is 5.96. The van der Waals surface area contributed by atoms with Crippen LogP contribution in [-0.4, -0.2) is 48.0 Å². The van der Waals surface area contributed by atoms with Crippen molar-refractivity contribution >= 4 is 28.7 Å². The summed E-state index contributed by atoms with van der Waals surface area (Å²) in [5.41, 5.74) is -1.38. The monoisotopic (exact) mass is 505 g/mol. The Morgan fingerprint density at radius 3 is 2.44 bits per heavy atom. The Balaban J connectivity index is 1.77. The third-order valence-electron chi connectivity index (χ3n) is 6.41. The lowest BCUT2D eigenvalue weighted by atomic mass is 10.0. The van der Waals surface area contributed by atoms with E-state index in [4.69, 9.17) is 9.47 Å². The number of rotatable bonds is 6. The third kappa shape index (κ3) is 4.90. The molecule has 36 heavy (non-hydrogen) atoms. The Kier molecular flexibility index (Phi) is 6.99. The molecule has 1 saturated carbocycles. The summed E-state index contributed by atoms with van der Waals surface area (Å²) in [4.78, 5) is 39.7. The van der Waals surface area contributed by atoms with Crippen LogP contribution >= 0.6 is 0 Å². The van der Waals surface area contributed by atoms with Crippen LogP contribution in [0, 0.1) is 11.6 Å². The van der Waals surface area contributed by atoms with Gasteiger partial charge in [0.05, 0.1) is 23.6 Å². The third-order valence-corrected chi connectivity index (χ3v) is 6.41. The second kappa shape index (κ2) is 9.71. The van der Waals surface area contributed by atoms with E-state index in [0.717, 1.165) is 18.9 Å². The van der Waals surface area contributed by atoms with E-state index in [2.05, 4.69) is 5.32 Å². The molecule has 196 valence electrons. The molecule has 1 aromatic carbocycles. The molecule has 2 fully saturated rings. The molecule has 1 atom stereocenters. The molecule has 0 bridgehead atoms. The van der Waals surface area contributed by atoms with Crippen molar-refractivity contribution in [3.63, 3.8) is 0 Å². The second-order valence-electron chi connectivity index (χ2n) is 10.3. The number of aromatic nitrogens is 1. The molecule has 2 aromatic rings. The second-order valence-corrected chi connectivity index (χ2v) is 10.3. The van der Waals surface area contributed by atoms with Crippen LogP contribution < -0.4 is 15.6 Å². The lowest BCUT2D eigenvalue weighted by molar-refractivity contribution is 0.0503. The van der Waals surface area contributed by atoms with Crippen LogP contribution in [0.3, 0.4) is 0 Å². The molecule has 4 rings (SSSR count). The number of carbonyl (C=O) groups is 2. The molecule has 10 heteroatoms. The highest BCUT2D eigenvalue weighted by Crippen LogP contribution is 2.41. The first-order valence-electron chi connectivity index (χ1n) is 12.5. The van der Waals surface area contributed by atoms with Crippen molar-refractivity contribution in [1.29, 1.82) is 0 Å². The van der Waals surface area contributed by atoms with Crippen LogP contribution in [0.4, 0.5) is 19.3 Å². The lowest BCUT2D eigenvalue weighted by Gasteiger charge is -2.25. The lowest BCUT2D eigenvalue weighted by Crippen LogP contribution is -2.40. The van der Waals surface area contributed by atoms with E-state index in [9.17, 15) is 14.4 Å². The summed E-state index contributed by atoms with van der Waals surface area (Å²) < 4.78 is 43.6. The number of anilines is 1. The summed E-state index contributed by atoms with van der Waals surface area (Å²) in [6.07, 6.45) is 1.74. The van der Waals surface area contributed by atoms with Crippen molar-refractivity contribution in [2.24, 2.45) is 0 Å². The summed E-state index contributed by atoms with van der Waals surface area (Å²) in [6.45, 7) is 9.27. The molecule has 1 aromatic heterocycles. The number of alkyl carbamates (subject to hydrolysis) is 1. The molecule has 2 aliphatic rings. The smallest absolute Gasteiger partial charge is 0.407 e. The fourth-order valence-corrected chi connectivity index (χ4v) is 4.87. The quantitative estimate of drug-likeness (QED) is 0.584. The van der Waals surface area contributed by atoms with Gasteiger partial charge in [0, 0.05) is 24.8 Å². The number of halogens is 2. The van der Waals surface area contributed by atoms with Crippen molar-refractivity contribution < 1.29 is 27.8 Å². The van der Waals surface area contributed by atoms with Gasteiger partial charge in [-0.15, -0.1) is 0 Å². The molecule has 1 aliphatic heterocycles. The minimum Gasteiger partial charge on any atom is -0.462 e. The Morgan fingerprint density at radius 1 is 1.17 bits per heavy atom. The molecule has 0 radical (unpaired) electrons. The minimum absolute atomic E-state index is 0.00681. The highest BCUT2D eigenvalue weighted by atomic mass is 19.1. The predicted octanol–water partition coefficient (Wildman–Crippen LogP) is 4.46. The van der Waals surface area contributed by atoms with Crippen LogP contribution in [0.2, 0.25) is 0 Å². The standard InChI is InChI=1S/C26H33F2N3O5/c1-6-18-19(24(33)35-7-2)23(32)16-12-17(27)22(20(28)21(16)31(18)15-8-9-15)30-11-10-14(13-30)29-25(34)36-26(3,4)5/h12,14-15H,6-11,13H2,1-5H3,(H,29,34). The minimum atomic E-state index is -0.892. The number of esters is 1. The van der Waals surface area contributed by atoms with Gasteiger partial charge < -0.3 is 24.3 Å². The molecule has 1 amide bonds. The van der Waals surface area contributed by atoms with Crippen molar-refractivity contribution in [3.8, 4) is 0 Å². The van der Waals surface area contributed by atoms with E-state index in [1.54, 1.807) is 44.1 Å². The van der Waals surface area contributed by atoms with Gasteiger partial charge in [-0.2, -0.15) is 0 Å². The van der Waals surface area contributed by atoms with Gasteiger partial charge in [0.15, 0.2) is 5.82 Å². The fraction of sp³-hybridized carbons (Fsp3) is 0.577. The van der Waals surface area contributed by atoms with Crippen LogP contribution in [0.15, 0.2) is 10.9 Å². The van der Waals surface area contributed by atoms with Gasteiger partial charge in [0.25, 0.3) is 0 Å². The summed E-state index contributed by atoms with van der Waals surface area (Å²) >= 11 is 0. The van der Waals surface area contributed by atoms with Crippen LogP contribution in [-0.2, 0) is 15.9 Å². The maximum Gasteiger partial charge on any atom is 0.407 e. The zero-order chi connectivity index (χ0) is 26.4. The average molecular weight is 506 g/mol. The Bertz CT molecular complexity index is 1260. The van der Waals surface area contributed by atoms with E-state index in [-0.39, 0.29) is 47.4 Å². The summed E-state index contributed by atoms with van der Waals surface area (Å²) in [5, 5.41) is 2.58. The number of hydrogen-bond acceptors (Lipinski definition) is 6. The Labute approximate surface area is 208 Å². The van der Waals surface area contributed by atoms with Gasteiger partial charge in [-0.1, -0.05) is 6.92 Å². The molecule has 1 aliphatic carbocycles. The van der Waals surface area contributed by atoms with Gasteiger partial charge in [0.2, 0.25) is 5.43 Å². The zero-order valence-corrected chi connectivity index (χ0v) is 21.4. The normalized spacial score (nSPS) is 18.0. The van der Waals surface area contributed by atoms with Gasteiger partial charge in [-0.25, -0.2) is 18.4 Å². The van der Waals surface area contributed by atoms with E-state index >= 15 is 8.78 Å². The highest BCUT2D eigenvalue weighted by Gasteiger charge is 2.36. The largest absolute Gasteiger partial charge is 0.462 e. The number of nitrogens with zero attached hydrogens (tertiary/aromatic N) is 2. The summed E-state index contributed by atoms with van der Waals surface area (Å²) in [7, 11) is 0. The SMILES string of the molecule is CCOC(=O)c1c(CC)n(C2CC2)c2c(F)c(N3CCC(NC(=O)OC(C)(C)C)C3)c(F)cc2c1=O. The topological polar surface area (TPSA) is 89.9 Å². The summed E-state index contributed by atoms with van der Waals surface area (Å²) in [6, 6.07) is 0.590. The van der Waals surface area contributed by atoms with Crippen molar-refractivity contribution in [2.75, 3.05) is 24.6 Å².